The summed E-state index contributed by atoms with van der Waals surface area (Å²) in [6.45, 7) is 3.24. The van der Waals surface area contributed by atoms with Crippen LogP contribution in [0.2, 0.25) is 0 Å². The molecule has 1 aliphatic heterocycles. The number of aryl methyl sites for hydroxylation is 1. The van der Waals surface area contributed by atoms with Crippen LogP contribution in [0.4, 0.5) is 4.79 Å². The van der Waals surface area contributed by atoms with Gasteiger partial charge in [0.05, 0.1) is 16.1 Å². The molecule has 6 rings (SSSR count). The monoisotopic (exact) mass is 529 g/mol. The Balaban J connectivity index is 1.30. The fraction of sp³-hybridized carbons (Fsp3) is 0.250. The first-order chi connectivity index (χ1) is 18.4. The van der Waals surface area contributed by atoms with Gasteiger partial charge in [-0.3, -0.25) is 4.40 Å². The van der Waals surface area contributed by atoms with E-state index >= 15 is 0 Å². The molecule has 1 amide bonds. The Morgan fingerprint density at radius 1 is 1.03 bits per heavy atom. The lowest BCUT2D eigenvalue weighted by atomic mass is 9.94. The number of hydrogen-bond acceptors (Lipinski definition) is 6. The quantitative estimate of drug-likeness (QED) is 0.326. The molecule has 2 aromatic carbocycles. The third-order valence-electron chi connectivity index (χ3n) is 7.06. The van der Waals surface area contributed by atoms with Crippen molar-refractivity contribution in [3.8, 4) is 0 Å². The maximum absolute atomic E-state index is 13.4. The largest absolute Gasteiger partial charge is 0.445 e. The second kappa shape index (κ2) is 9.60. The van der Waals surface area contributed by atoms with E-state index in [0.717, 1.165) is 35.2 Å². The van der Waals surface area contributed by atoms with Crippen molar-refractivity contribution in [1.29, 1.82) is 0 Å². The normalized spacial score (nSPS) is 16.2. The molecule has 10 heteroatoms. The molecule has 38 heavy (non-hydrogen) atoms. The first kappa shape index (κ1) is 24.2. The van der Waals surface area contributed by atoms with Crippen LogP contribution in [0.3, 0.4) is 0 Å². The summed E-state index contributed by atoms with van der Waals surface area (Å²) in [4.78, 5) is 23.9. The van der Waals surface area contributed by atoms with Crippen LogP contribution in [0.1, 0.15) is 35.6 Å². The lowest BCUT2D eigenvalue weighted by molar-refractivity contribution is 0.0857. The summed E-state index contributed by atoms with van der Waals surface area (Å²) in [5.41, 5.74) is 3.89. The van der Waals surface area contributed by atoms with E-state index in [2.05, 4.69) is 9.97 Å². The van der Waals surface area contributed by atoms with Crippen LogP contribution in [-0.2, 0) is 21.4 Å². The zero-order valence-electron chi connectivity index (χ0n) is 20.9. The molecule has 1 fully saturated rings. The average Bonchev–Trinajstić information content (AvgIpc) is 3.57. The van der Waals surface area contributed by atoms with Gasteiger partial charge in [0.1, 0.15) is 19.3 Å². The first-order valence-corrected chi connectivity index (χ1v) is 14.0. The van der Waals surface area contributed by atoms with Gasteiger partial charge in [-0.15, -0.1) is 0 Å². The maximum Gasteiger partial charge on any atom is 0.410 e. The Morgan fingerprint density at radius 2 is 1.79 bits per heavy atom. The number of rotatable bonds is 5. The van der Waals surface area contributed by atoms with Crippen LogP contribution in [0.25, 0.3) is 16.6 Å². The number of benzene rings is 2. The molecule has 0 N–H and O–H groups in total. The Hall–Kier alpha value is -4.18. The summed E-state index contributed by atoms with van der Waals surface area (Å²) in [5.74, 6) is -0.0133. The predicted octanol–water partition coefficient (Wildman–Crippen LogP) is 4.75. The molecule has 1 saturated heterocycles. The summed E-state index contributed by atoms with van der Waals surface area (Å²) in [5, 5.41) is 0.694. The molecule has 0 radical (unpaired) electrons. The van der Waals surface area contributed by atoms with Crippen LogP contribution in [0, 0.1) is 6.92 Å². The number of likely N-dealkylation sites (tertiary alicyclic amines) is 1. The standard InChI is InChI=1S/C28H27N5O4S/c1-20-9-11-23(12-10-20)38(35,36)33-15-13-24-26-25(29-18-32(26)19-30-27(24)33)22-8-5-14-31(16-22)28(34)37-17-21-6-3-2-4-7-21/h2-4,6-7,9-13,15,18-19,22H,5,8,14,16-17H2,1H3. The second-order valence-electron chi connectivity index (χ2n) is 9.62. The number of amides is 1. The van der Waals surface area contributed by atoms with Crippen molar-refractivity contribution in [1.82, 2.24) is 23.2 Å². The second-order valence-corrected chi connectivity index (χ2v) is 11.4. The van der Waals surface area contributed by atoms with Gasteiger partial charge in [0.15, 0.2) is 5.65 Å². The summed E-state index contributed by atoms with van der Waals surface area (Å²) in [6, 6.07) is 18.1. The van der Waals surface area contributed by atoms with Gasteiger partial charge < -0.3 is 9.64 Å². The number of piperidine rings is 1. The van der Waals surface area contributed by atoms with E-state index in [1.165, 1.54) is 10.2 Å². The van der Waals surface area contributed by atoms with Gasteiger partial charge in [0, 0.05) is 30.6 Å². The molecule has 1 atom stereocenters. The molecular formula is C28H27N5O4S. The van der Waals surface area contributed by atoms with Crippen molar-refractivity contribution in [3.05, 3.63) is 96.3 Å². The van der Waals surface area contributed by atoms with Crippen LogP contribution in [0.5, 0.6) is 0 Å². The molecule has 5 aromatic rings. The van der Waals surface area contributed by atoms with Gasteiger partial charge in [0.2, 0.25) is 0 Å². The highest BCUT2D eigenvalue weighted by molar-refractivity contribution is 7.90. The van der Waals surface area contributed by atoms with Crippen LogP contribution < -0.4 is 0 Å². The van der Waals surface area contributed by atoms with Gasteiger partial charge >= 0.3 is 6.09 Å². The van der Waals surface area contributed by atoms with Gasteiger partial charge in [-0.05, 0) is 43.5 Å². The van der Waals surface area contributed by atoms with Crippen molar-refractivity contribution >= 4 is 32.7 Å². The number of aromatic nitrogens is 4. The number of imidazole rings is 1. The number of carbonyl (C=O) groups is 1. The van der Waals surface area contributed by atoms with Crippen molar-refractivity contribution in [3.63, 3.8) is 0 Å². The number of ether oxygens (including phenoxy) is 1. The van der Waals surface area contributed by atoms with Crippen LogP contribution >= 0.6 is 0 Å². The highest BCUT2D eigenvalue weighted by atomic mass is 32.2. The zero-order valence-corrected chi connectivity index (χ0v) is 21.7. The lowest BCUT2D eigenvalue weighted by Crippen LogP contribution is -2.39. The number of carbonyl (C=O) groups excluding carboxylic acids is 1. The smallest absolute Gasteiger partial charge is 0.410 e. The van der Waals surface area contributed by atoms with Crippen molar-refractivity contribution in [2.24, 2.45) is 0 Å². The average molecular weight is 530 g/mol. The van der Waals surface area contributed by atoms with E-state index < -0.39 is 10.0 Å². The SMILES string of the molecule is Cc1ccc(S(=O)(=O)n2ccc3c2ncn2cnc(C4CCCN(C(=O)OCc5ccccc5)C4)c32)cc1. The maximum atomic E-state index is 13.4. The third kappa shape index (κ3) is 4.30. The van der Waals surface area contributed by atoms with Gasteiger partial charge in [-0.1, -0.05) is 48.0 Å². The van der Waals surface area contributed by atoms with E-state index in [1.54, 1.807) is 47.9 Å². The molecule has 0 spiro atoms. The summed E-state index contributed by atoms with van der Waals surface area (Å²) in [7, 11) is -3.82. The Kier molecular flexibility index (Phi) is 6.11. The highest BCUT2D eigenvalue weighted by Crippen LogP contribution is 2.33. The summed E-state index contributed by atoms with van der Waals surface area (Å²) in [6.07, 6.45) is 6.16. The van der Waals surface area contributed by atoms with Crippen molar-refractivity contribution in [2.45, 2.75) is 37.2 Å². The van der Waals surface area contributed by atoms with E-state index in [1.807, 2.05) is 41.7 Å². The first-order valence-electron chi connectivity index (χ1n) is 12.5. The number of hydrogen-bond donors (Lipinski definition) is 0. The van der Waals surface area contributed by atoms with E-state index in [4.69, 9.17) is 4.74 Å². The molecule has 194 valence electrons. The van der Waals surface area contributed by atoms with E-state index in [0.29, 0.717) is 24.1 Å². The summed E-state index contributed by atoms with van der Waals surface area (Å²) < 4.78 is 35.4. The Labute approximate surface area is 220 Å². The summed E-state index contributed by atoms with van der Waals surface area (Å²) >= 11 is 0. The minimum atomic E-state index is -3.82. The zero-order chi connectivity index (χ0) is 26.3. The Bertz CT molecular complexity index is 1730. The Morgan fingerprint density at radius 3 is 2.58 bits per heavy atom. The molecule has 4 heterocycles. The van der Waals surface area contributed by atoms with Gasteiger partial charge in [-0.25, -0.2) is 27.2 Å². The fourth-order valence-electron chi connectivity index (χ4n) is 5.07. The minimum absolute atomic E-state index is 0.0133. The highest BCUT2D eigenvalue weighted by Gasteiger charge is 2.30. The van der Waals surface area contributed by atoms with Gasteiger partial charge in [0.25, 0.3) is 10.0 Å². The molecule has 0 aliphatic carbocycles. The van der Waals surface area contributed by atoms with Gasteiger partial charge in [-0.2, -0.15) is 0 Å². The number of nitrogens with zero attached hydrogens (tertiary/aromatic N) is 5. The lowest BCUT2D eigenvalue weighted by Gasteiger charge is -2.31. The van der Waals surface area contributed by atoms with Crippen molar-refractivity contribution in [2.75, 3.05) is 13.1 Å². The molecule has 1 unspecified atom stereocenters. The predicted molar refractivity (Wildman–Crippen MR) is 142 cm³/mol. The van der Waals surface area contributed by atoms with E-state index in [9.17, 15) is 13.2 Å². The molecule has 0 saturated carbocycles. The molecule has 9 nitrogen and oxygen atoms in total. The topological polar surface area (TPSA) is 98.8 Å². The fourth-order valence-corrected chi connectivity index (χ4v) is 6.37. The van der Waals surface area contributed by atoms with E-state index in [-0.39, 0.29) is 23.5 Å². The van der Waals surface area contributed by atoms with Crippen molar-refractivity contribution < 1.29 is 17.9 Å². The number of fused-ring (bicyclic) bond motifs is 3. The molecule has 1 aliphatic rings. The molecule has 3 aromatic heterocycles. The molecule has 0 bridgehead atoms. The third-order valence-corrected chi connectivity index (χ3v) is 8.74. The molecular weight excluding hydrogens is 502 g/mol. The minimum Gasteiger partial charge on any atom is -0.445 e. The van der Waals surface area contributed by atoms with Crippen LogP contribution in [0.15, 0.2) is 84.4 Å². The van der Waals surface area contributed by atoms with Crippen LogP contribution in [-0.4, -0.2) is 50.8 Å².